The van der Waals surface area contributed by atoms with Crippen molar-refractivity contribution in [2.45, 2.75) is 24.7 Å². The van der Waals surface area contributed by atoms with Crippen LogP contribution < -0.4 is 0 Å². The van der Waals surface area contributed by atoms with Crippen molar-refractivity contribution in [1.29, 1.82) is 0 Å². The van der Waals surface area contributed by atoms with Gasteiger partial charge in [-0.3, -0.25) is 0 Å². The maximum Gasteiger partial charge on any atom is 0.164 e. The lowest BCUT2D eigenvalue weighted by Gasteiger charge is -2.46. The van der Waals surface area contributed by atoms with E-state index in [9.17, 15) is 0 Å². The number of rotatable bonds is 5. The van der Waals surface area contributed by atoms with E-state index in [-0.39, 0.29) is 5.41 Å². The van der Waals surface area contributed by atoms with Crippen molar-refractivity contribution in [3.63, 3.8) is 0 Å². The van der Waals surface area contributed by atoms with Crippen LogP contribution in [0.1, 0.15) is 47.2 Å². The summed E-state index contributed by atoms with van der Waals surface area (Å²) in [5.74, 6) is 1.95. The Morgan fingerprint density at radius 1 is 0.274 bits per heavy atom. The van der Waals surface area contributed by atoms with Crippen LogP contribution in [0.2, 0.25) is 0 Å². The minimum absolute atomic E-state index is 0.139. The van der Waals surface area contributed by atoms with Crippen molar-refractivity contribution in [1.82, 2.24) is 15.0 Å². The number of hydrogen-bond donors (Lipinski definition) is 0. The number of fused-ring (bicyclic) bond motifs is 10. The first kappa shape index (κ1) is 36.1. The lowest BCUT2D eigenvalue weighted by atomic mass is 9.55. The molecule has 1 spiro atoms. The van der Waals surface area contributed by atoms with Gasteiger partial charge in [0.05, 0.1) is 5.41 Å². The standard InChI is InChI=1S/C59H41N3/c1-58(2)49-27-13-15-29-51(49)59(52-30-16-14-28-50(52)58)48-26-12-11-24-47(48)54-46(25-17-31-53(54)59)45-37-36-42(43-22-9-10-23-44(43)45)38-32-34-41(35-33-38)57-61-55(39-18-5-3-6-19-39)60-56(62-57)40-20-7-4-8-21-40/h3-37H,1-2H3. The number of nitrogens with zero attached hydrogens (tertiary/aromatic N) is 3. The molecule has 9 aromatic carbocycles. The van der Waals surface area contributed by atoms with Crippen molar-refractivity contribution >= 4 is 10.8 Å². The van der Waals surface area contributed by atoms with Crippen LogP contribution in [-0.2, 0) is 10.8 Å². The molecular formula is C59H41N3. The highest BCUT2D eigenvalue weighted by Gasteiger charge is 2.53. The lowest BCUT2D eigenvalue weighted by Crippen LogP contribution is -2.40. The van der Waals surface area contributed by atoms with Crippen LogP contribution >= 0.6 is 0 Å². The number of aromatic nitrogens is 3. The van der Waals surface area contributed by atoms with Gasteiger partial charge in [-0.1, -0.05) is 226 Å². The number of hydrogen-bond acceptors (Lipinski definition) is 3. The summed E-state index contributed by atoms with van der Waals surface area (Å²) in [4.78, 5) is 14.9. The van der Waals surface area contributed by atoms with Crippen molar-refractivity contribution in [2.75, 3.05) is 0 Å². The van der Waals surface area contributed by atoms with E-state index in [4.69, 9.17) is 15.0 Å². The average molecular weight is 792 g/mol. The summed E-state index contributed by atoms with van der Waals surface area (Å²) in [5.41, 5.74) is 17.9. The fraction of sp³-hybridized carbons (Fsp3) is 0.0678. The van der Waals surface area contributed by atoms with Crippen LogP contribution in [0, 0.1) is 0 Å². The Hall–Kier alpha value is -7.75. The predicted molar refractivity (Wildman–Crippen MR) is 254 cm³/mol. The monoisotopic (exact) mass is 791 g/mol. The van der Waals surface area contributed by atoms with E-state index >= 15 is 0 Å². The third kappa shape index (κ3) is 5.28. The van der Waals surface area contributed by atoms with Crippen LogP contribution in [0.5, 0.6) is 0 Å². The Bertz CT molecular complexity index is 3260. The molecule has 10 aromatic rings. The summed E-state index contributed by atoms with van der Waals surface area (Å²) in [7, 11) is 0. The maximum atomic E-state index is 4.98. The van der Waals surface area contributed by atoms with E-state index in [1.54, 1.807) is 0 Å². The molecule has 0 aliphatic heterocycles. The highest BCUT2D eigenvalue weighted by atomic mass is 15.0. The zero-order chi connectivity index (χ0) is 41.4. The van der Waals surface area contributed by atoms with E-state index in [0.717, 1.165) is 22.3 Å². The molecule has 0 saturated heterocycles. The molecule has 3 heteroatoms. The minimum Gasteiger partial charge on any atom is -0.208 e. The molecule has 0 amide bonds. The zero-order valence-corrected chi connectivity index (χ0v) is 34.5. The van der Waals surface area contributed by atoms with Gasteiger partial charge in [0, 0.05) is 22.1 Å². The lowest BCUT2D eigenvalue weighted by molar-refractivity contribution is 0.563. The normalized spacial score (nSPS) is 13.9. The van der Waals surface area contributed by atoms with Crippen LogP contribution in [-0.4, -0.2) is 15.0 Å². The van der Waals surface area contributed by atoms with Gasteiger partial charge < -0.3 is 0 Å². The van der Waals surface area contributed by atoms with Gasteiger partial charge in [-0.2, -0.15) is 0 Å². The Labute approximate surface area is 362 Å². The number of benzene rings is 9. The van der Waals surface area contributed by atoms with E-state index in [1.165, 1.54) is 72.0 Å². The molecule has 0 radical (unpaired) electrons. The highest BCUT2D eigenvalue weighted by Crippen LogP contribution is 2.63. The summed E-state index contributed by atoms with van der Waals surface area (Å²) in [6.45, 7) is 4.76. The van der Waals surface area contributed by atoms with Gasteiger partial charge in [0.25, 0.3) is 0 Å². The molecule has 292 valence electrons. The van der Waals surface area contributed by atoms with Gasteiger partial charge >= 0.3 is 0 Å². The Kier molecular flexibility index (Phi) is 8.10. The van der Waals surface area contributed by atoms with Gasteiger partial charge in [0.2, 0.25) is 0 Å². The quantitative estimate of drug-likeness (QED) is 0.174. The molecule has 0 unspecified atom stereocenters. The van der Waals surface area contributed by atoms with E-state index in [2.05, 4.69) is 166 Å². The molecule has 0 atom stereocenters. The summed E-state index contributed by atoms with van der Waals surface area (Å²) >= 11 is 0. The van der Waals surface area contributed by atoms with Crippen molar-refractivity contribution in [3.8, 4) is 67.5 Å². The highest BCUT2D eigenvalue weighted by molar-refractivity contribution is 6.08. The summed E-state index contributed by atoms with van der Waals surface area (Å²) in [6, 6.07) is 76.9. The first-order valence-electron chi connectivity index (χ1n) is 21.4. The second-order valence-corrected chi connectivity index (χ2v) is 17.1. The fourth-order valence-electron chi connectivity index (χ4n) is 10.7. The third-order valence-corrected chi connectivity index (χ3v) is 13.4. The van der Waals surface area contributed by atoms with Crippen LogP contribution in [0.4, 0.5) is 0 Å². The molecule has 2 aliphatic rings. The predicted octanol–water partition coefficient (Wildman–Crippen LogP) is 14.4. The first-order chi connectivity index (χ1) is 30.5. The van der Waals surface area contributed by atoms with Crippen molar-refractivity contribution < 1.29 is 0 Å². The first-order valence-corrected chi connectivity index (χ1v) is 21.4. The fourth-order valence-corrected chi connectivity index (χ4v) is 10.7. The van der Waals surface area contributed by atoms with Crippen LogP contribution in [0.3, 0.4) is 0 Å². The molecule has 2 aliphatic carbocycles. The van der Waals surface area contributed by atoms with E-state index < -0.39 is 5.41 Å². The van der Waals surface area contributed by atoms with Crippen LogP contribution in [0.15, 0.2) is 212 Å². The van der Waals surface area contributed by atoms with E-state index in [0.29, 0.717) is 17.5 Å². The molecule has 1 aromatic heterocycles. The average Bonchev–Trinajstić information content (AvgIpc) is 3.65. The van der Waals surface area contributed by atoms with Crippen molar-refractivity contribution in [2.24, 2.45) is 0 Å². The molecule has 1 heterocycles. The molecule has 0 fully saturated rings. The molecule has 0 bridgehead atoms. The summed E-state index contributed by atoms with van der Waals surface area (Å²) in [6.07, 6.45) is 0. The molecule has 0 saturated carbocycles. The summed E-state index contributed by atoms with van der Waals surface area (Å²) in [5, 5.41) is 2.44. The second kappa shape index (κ2) is 13.9. The topological polar surface area (TPSA) is 38.7 Å². The summed E-state index contributed by atoms with van der Waals surface area (Å²) < 4.78 is 0. The van der Waals surface area contributed by atoms with Crippen LogP contribution in [0.25, 0.3) is 78.3 Å². The van der Waals surface area contributed by atoms with E-state index in [1.807, 2.05) is 60.7 Å². The second-order valence-electron chi connectivity index (χ2n) is 17.1. The molecular weight excluding hydrogens is 751 g/mol. The third-order valence-electron chi connectivity index (χ3n) is 13.4. The Morgan fingerprint density at radius 2 is 0.677 bits per heavy atom. The van der Waals surface area contributed by atoms with Gasteiger partial charge in [0.15, 0.2) is 17.5 Å². The molecule has 3 nitrogen and oxygen atoms in total. The van der Waals surface area contributed by atoms with Gasteiger partial charge in [-0.25, -0.2) is 15.0 Å². The van der Waals surface area contributed by atoms with Gasteiger partial charge in [0.1, 0.15) is 0 Å². The molecule has 62 heavy (non-hydrogen) atoms. The minimum atomic E-state index is -0.440. The SMILES string of the molecule is CC1(C)c2ccccc2C2(c3ccccc3-c3c(-c4ccc(-c5ccc(-c6nc(-c7ccccc7)nc(-c7ccccc7)n6)cc5)c5ccccc45)cccc32)c2ccccc21. The Morgan fingerprint density at radius 3 is 1.26 bits per heavy atom. The molecule has 12 rings (SSSR count). The van der Waals surface area contributed by atoms with Gasteiger partial charge in [-0.15, -0.1) is 0 Å². The molecule has 0 N–H and O–H groups in total. The zero-order valence-electron chi connectivity index (χ0n) is 34.5. The Balaban J connectivity index is 1.00. The van der Waals surface area contributed by atoms with Gasteiger partial charge in [-0.05, 0) is 77.5 Å². The largest absolute Gasteiger partial charge is 0.208 e. The smallest absolute Gasteiger partial charge is 0.164 e. The maximum absolute atomic E-state index is 4.98. The van der Waals surface area contributed by atoms with Crippen molar-refractivity contribution in [3.05, 3.63) is 246 Å².